The summed E-state index contributed by atoms with van der Waals surface area (Å²) in [6, 6.07) is 4.98. The Morgan fingerprint density at radius 2 is 1.69 bits per heavy atom. The van der Waals surface area contributed by atoms with E-state index >= 15 is 0 Å². The molecule has 12 heteroatoms. The Morgan fingerprint density at radius 1 is 1.05 bits per heavy atom. The molecule has 1 aromatic carbocycles. The summed E-state index contributed by atoms with van der Waals surface area (Å²) in [4.78, 5) is 29.6. The van der Waals surface area contributed by atoms with Gasteiger partial charge in [0.1, 0.15) is 6.10 Å². The van der Waals surface area contributed by atoms with Gasteiger partial charge in [0.15, 0.2) is 0 Å². The van der Waals surface area contributed by atoms with E-state index in [1.54, 1.807) is 58.3 Å². The zero-order valence-electron chi connectivity index (χ0n) is 23.7. The number of carbonyl (C=O) groups excluding carboxylic acids is 2. The summed E-state index contributed by atoms with van der Waals surface area (Å²) >= 11 is 1.48. The van der Waals surface area contributed by atoms with Crippen molar-refractivity contribution in [1.82, 2.24) is 9.71 Å². The number of thiazole rings is 1. The average Bonchev–Trinajstić information content (AvgIpc) is 3.27. The Morgan fingerprint density at radius 3 is 2.28 bits per heavy atom. The van der Waals surface area contributed by atoms with Crippen LogP contribution in [0.15, 0.2) is 29.3 Å². The van der Waals surface area contributed by atoms with E-state index in [1.807, 2.05) is 13.8 Å². The molecule has 2 aromatic rings. The van der Waals surface area contributed by atoms with E-state index in [1.165, 1.54) is 17.4 Å². The summed E-state index contributed by atoms with van der Waals surface area (Å²) < 4.78 is 40.0. The maximum atomic E-state index is 13.4. The molecule has 0 bridgehead atoms. The number of hydrogen-bond acceptors (Lipinski definition) is 8. The van der Waals surface area contributed by atoms with Crippen LogP contribution < -0.4 is 15.4 Å². The molecular weight excluding hydrogens is 540 g/mol. The van der Waals surface area contributed by atoms with Crippen LogP contribution in [0, 0.1) is 0 Å². The fourth-order valence-electron chi connectivity index (χ4n) is 4.44. The highest BCUT2D eigenvalue weighted by Crippen LogP contribution is 2.39. The molecule has 1 fully saturated rings. The Kier molecular flexibility index (Phi) is 10.1. The van der Waals surface area contributed by atoms with Gasteiger partial charge in [-0.05, 0) is 73.4 Å². The van der Waals surface area contributed by atoms with E-state index < -0.39 is 21.7 Å². The van der Waals surface area contributed by atoms with Gasteiger partial charge in [-0.2, -0.15) is 4.79 Å². The number of quaternary nitrogens is 1. The lowest BCUT2D eigenvalue weighted by molar-refractivity contribution is -0.612. The van der Waals surface area contributed by atoms with E-state index in [2.05, 4.69) is 15.0 Å². The molecule has 216 valence electrons. The van der Waals surface area contributed by atoms with Crippen LogP contribution >= 0.6 is 11.3 Å². The fraction of sp³-hybridized carbons (Fsp3) is 0.593. The lowest BCUT2D eigenvalue weighted by Gasteiger charge is -2.25. The third-order valence-electron chi connectivity index (χ3n) is 5.93. The number of nitrogens with two attached hydrogens (primary N) is 1. The molecular formula is C27H41N4O6S2+. The summed E-state index contributed by atoms with van der Waals surface area (Å²) in [6.07, 6.45) is 3.86. The van der Waals surface area contributed by atoms with Gasteiger partial charge in [0.05, 0.1) is 26.9 Å². The van der Waals surface area contributed by atoms with Crippen molar-refractivity contribution in [2.75, 3.05) is 5.32 Å². The van der Waals surface area contributed by atoms with Crippen molar-refractivity contribution in [3.63, 3.8) is 0 Å². The highest BCUT2D eigenvalue weighted by molar-refractivity contribution is 7.89. The first kappa shape index (κ1) is 31.0. The van der Waals surface area contributed by atoms with Crippen LogP contribution in [0.5, 0.6) is 0 Å². The number of benzene rings is 1. The number of sulfonamides is 1. The molecule has 0 radical (unpaired) electrons. The molecule has 10 nitrogen and oxygen atoms in total. The summed E-state index contributed by atoms with van der Waals surface area (Å²) in [5, 5.41) is 5.25. The van der Waals surface area contributed by atoms with Crippen molar-refractivity contribution < 1.29 is 32.8 Å². The number of rotatable bonds is 8. The SMILES string of the molecule is CC(C)OC(=O)Nc1ccc(-c2cnc(C3CCC([NH2+]C(=O)OC(C)C)CC3)s2)c(S(=O)(=O)NC(C)(C)C)c1. The third-order valence-corrected chi connectivity index (χ3v) is 8.93. The predicted octanol–water partition coefficient (Wildman–Crippen LogP) is 4.98. The minimum Gasteiger partial charge on any atom is -0.447 e. The maximum absolute atomic E-state index is 13.4. The highest BCUT2D eigenvalue weighted by Gasteiger charge is 2.30. The van der Waals surface area contributed by atoms with Gasteiger partial charge in [-0.3, -0.25) is 5.32 Å². The second-order valence-electron chi connectivity index (χ2n) is 11.5. The molecule has 39 heavy (non-hydrogen) atoms. The number of anilines is 1. The van der Waals surface area contributed by atoms with Crippen LogP contribution in [-0.2, 0) is 19.5 Å². The predicted molar refractivity (Wildman–Crippen MR) is 151 cm³/mol. The second kappa shape index (κ2) is 12.8. The Hall–Kier alpha value is -2.54. The van der Waals surface area contributed by atoms with Crippen molar-refractivity contribution >= 4 is 39.2 Å². The van der Waals surface area contributed by atoms with Crippen LogP contribution in [0.1, 0.15) is 85.1 Å². The summed E-state index contributed by atoms with van der Waals surface area (Å²) in [5.41, 5.74) is 0.123. The number of hydrogen-bond donors (Lipinski definition) is 3. The number of aromatic nitrogens is 1. The van der Waals surface area contributed by atoms with E-state index in [4.69, 9.17) is 9.47 Å². The zero-order valence-corrected chi connectivity index (χ0v) is 25.4. The maximum Gasteiger partial charge on any atom is 0.513 e. The molecule has 3 rings (SSSR count). The highest BCUT2D eigenvalue weighted by atomic mass is 32.2. The molecule has 1 aliphatic rings. The minimum atomic E-state index is -3.93. The van der Waals surface area contributed by atoms with Crippen LogP contribution in [-0.4, -0.2) is 49.4 Å². The molecule has 0 atom stereocenters. The first-order chi connectivity index (χ1) is 18.1. The van der Waals surface area contributed by atoms with Gasteiger partial charge in [-0.25, -0.2) is 28.2 Å². The zero-order chi connectivity index (χ0) is 29.0. The largest absolute Gasteiger partial charge is 0.513 e. The molecule has 1 saturated carbocycles. The molecule has 0 unspecified atom stereocenters. The summed E-state index contributed by atoms with van der Waals surface area (Å²) in [5.74, 6) is 0.244. The Bertz CT molecular complexity index is 1260. The number of nitrogens with one attached hydrogen (secondary N) is 2. The second-order valence-corrected chi connectivity index (χ2v) is 14.2. The van der Waals surface area contributed by atoms with Gasteiger partial charge in [-0.15, -0.1) is 11.3 Å². The van der Waals surface area contributed by atoms with Crippen LogP contribution in [0.25, 0.3) is 10.4 Å². The standard InChI is InChI=1S/C27H40N4O6S2/c1-16(2)36-25(32)29-19-10-8-18(9-11-19)24-28-15-22(38-24)21-13-12-20(30-26(33)37-17(3)4)14-23(21)39(34,35)31-27(5,6)7/h12-19,31H,8-11H2,1-7H3,(H,29,32)(H,30,33)/p+1. The third kappa shape index (κ3) is 9.26. The Labute approximate surface area is 235 Å². The molecule has 0 spiro atoms. The lowest BCUT2D eigenvalue weighted by Crippen LogP contribution is -2.93. The molecule has 1 aromatic heterocycles. The first-order valence-electron chi connectivity index (χ1n) is 13.3. The van der Waals surface area contributed by atoms with Crippen LogP contribution in [0.3, 0.4) is 0 Å². The van der Waals surface area contributed by atoms with Gasteiger partial charge < -0.3 is 9.47 Å². The lowest BCUT2D eigenvalue weighted by atomic mass is 9.86. The number of nitrogens with zero attached hydrogens (tertiary/aromatic N) is 1. The van der Waals surface area contributed by atoms with E-state index in [0.717, 1.165) is 35.6 Å². The number of amides is 2. The Balaban J connectivity index is 1.82. The smallest absolute Gasteiger partial charge is 0.447 e. The van der Waals surface area contributed by atoms with Crippen molar-refractivity contribution in [1.29, 1.82) is 0 Å². The molecule has 0 saturated heterocycles. The van der Waals surface area contributed by atoms with Gasteiger partial charge >= 0.3 is 12.2 Å². The summed E-state index contributed by atoms with van der Waals surface area (Å²) in [7, 11) is -3.93. The number of primary amides is 1. The number of ether oxygens (including phenoxy) is 2. The van der Waals surface area contributed by atoms with Gasteiger partial charge in [0.2, 0.25) is 10.0 Å². The first-order valence-corrected chi connectivity index (χ1v) is 15.6. The monoisotopic (exact) mass is 581 g/mol. The number of carbonyl (C=O) groups is 2. The molecule has 1 heterocycles. The van der Waals surface area contributed by atoms with Gasteiger partial charge in [0, 0.05) is 41.7 Å². The molecule has 0 aliphatic heterocycles. The van der Waals surface area contributed by atoms with Crippen LogP contribution in [0.2, 0.25) is 0 Å². The van der Waals surface area contributed by atoms with Crippen molar-refractivity contribution in [2.24, 2.45) is 0 Å². The van der Waals surface area contributed by atoms with Gasteiger partial charge in [-0.1, -0.05) is 6.07 Å². The quantitative estimate of drug-likeness (QED) is 0.399. The average molecular weight is 582 g/mol. The molecule has 4 N–H and O–H groups in total. The van der Waals surface area contributed by atoms with Crippen molar-refractivity contribution in [3.05, 3.63) is 29.4 Å². The van der Waals surface area contributed by atoms with Crippen molar-refractivity contribution in [3.8, 4) is 10.4 Å². The van der Waals surface area contributed by atoms with E-state index in [-0.39, 0.29) is 35.2 Å². The normalized spacial score (nSPS) is 18.3. The van der Waals surface area contributed by atoms with E-state index in [0.29, 0.717) is 11.3 Å². The van der Waals surface area contributed by atoms with E-state index in [9.17, 15) is 18.0 Å². The van der Waals surface area contributed by atoms with Crippen molar-refractivity contribution in [2.45, 2.75) is 109 Å². The molecule has 2 amide bonds. The fourth-order valence-corrected chi connectivity index (χ4v) is 7.30. The molecule has 1 aliphatic carbocycles. The topological polar surface area (TPSA) is 140 Å². The summed E-state index contributed by atoms with van der Waals surface area (Å²) in [6.45, 7) is 12.5. The van der Waals surface area contributed by atoms with Crippen LogP contribution in [0.4, 0.5) is 15.3 Å². The van der Waals surface area contributed by atoms with Gasteiger partial charge in [0.25, 0.3) is 0 Å². The minimum absolute atomic E-state index is 0.0527.